The Balaban J connectivity index is 2.47. The highest BCUT2D eigenvalue weighted by atomic mass is 79.9. The first-order valence-corrected chi connectivity index (χ1v) is 6.27. The smallest absolute Gasteiger partial charge is 0.273 e. The predicted octanol–water partition coefficient (Wildman–Crippen LogP) is 1.63. The van der Waals surface area contributed by atoms with E-state index >= 15 is 0 Å². The summed E-state index contributed by atoms with van der Waals surface area (Å²) in [4.78, 5) is 17.5. The fourth-order valence-corrected chi connectivity index (χ4v) is 2.35. The summed E-state index contributed by atoms with van der Waals surface area (Å²) >= 11 is 4.85. The number of ether oxygens (including phenoxy) is 1. The molecule has 0 saturated carbocycles. The van der Waals surface area contributed by atoms with Gasteiger partial charge < -0.3 is 9.64 Å². The molecule has 84 valence electrons. The van der Waals surface area contributed by atoms with Crippen LogP contribution in [0.5, 0.6) is 0 Å². The Morgan fingerprint density at radius 2 is 2.53 bits per heavy atom. The van der Waals surface area contributed by atoms with E-state index in [1.807, 2.05) is 0 Å². The fraction of sp³-hybridized carbons (Fsp3) is 0.556. The lowest BCUT2D eigenvalue weighted by atomic mass is 10.3. The minimum absolute atomic E-state index is 0.0585. The van der Waals surface area contributed by atoms with E-state index in [1.54, 1.807) is 29.9 Å². The van der Waals surface area contributed by atoms with Crippen molar-refractivity contribution in [3.63, 3.8) is 0 Å². The normalized spacial score (nSPS) is 12.5. The molecule has 0 aromatic carbocycles. The van der Waals surface area contributed by atoms with Crippen LogP contribution < -0.4 is 0 Å². The van der Waals surface area contributed by atoms with Gasteiger partial charge >= 0.3 is 0 Å². The highest BCUT2D eigenvalue weighted by molar-refractivity contribution is 9.09. The van der Waals surface area contributed by atoms with E-state index < -0.39 is 0 Å². The molecule has 0 fully saturated rings. The zero-order valence-electron chi connectivity index (χ0n) is 8.64. The largest absolute Gasteiger partial charge is 0.383 e. The van der Waals surface area contributed by atoms with Gasteiger partial charge in [0, 0.05) is 26.1 Å². The lowest BCUT2D eigenvalue weighted by Gasteiger charge is -2.19. The summed E-state index contributed by atoms with van der Waals surface area (Å²) in [5.41, 5.74) is 2.15. The van der Waals surface area contributed by atoms with Crippen LogP contribution in [0.15, 0.2) is 10.9 Å². The monoisotopic (exact) mass is 292 g/mol. The van der Waals surface area contributed by atoms with E-state index in [-0.39, 0.29) is 10.7 Å². The molecule has 0 aliphatic heterocycles. The van der Waals surface area contributed by atoms with Crippen LogP contribution in [0.25, 0.3) is 0 Å². The maximum Gasteiger partial charge on any atom is 0.273 e. The summed E-state index contributed by atoms with van der Waals surface area (Å²) in [5, 5.41) is 1.75. The Bertz CT molecular complexity index is 305. The highest BCUT2D eigenvalue weighted by Gasteiger charge is 2.16. The molecule has 4 nitrogen and oxygen atoms in total. The molecule has 0 radical (unpaired) electrons. The first kappa shape index (κ1) is 12.6. The summed E-state index contributed by atoms with van der Waals surface area (Å²) < 4.78 is 4.98. The minimum atomic E-state index is -0.0585. The van der Waals surface area contributed by atoms with E-state index in [0.29, 0.717) is 18.8 Å². The van der Waals surface area contributed by atoms with Gasteiger partial charge in [-0.05, 0) is 0 Å². The van der Waals surface area contributed by atoms with E-state index in [2.05, 4.69) is 20.9 Å². The van der Waals surface area contributed by atoms with Gasteiger partial charge in [-0.1, -0.05) is 15.9 Å². The second kappa shape index (κ2) is 6.19. The maximum atomic E-state index is 11.8. The van der Waals surface area contributed by atoms with Crippen molar-refractivity contribution in [2.75, 3.05) is 27.3 Å². The molecule has 0 bridgehead atoms. The van der Waals surface area contributed by atoms with Gasteiger partial charge in [0.05, 0.1) is 16.9 Å². The van der Waals surface area contributed by atoms with Crippen LogP contribution in [-0.2, 0) is 4.74 Å². The second-order valence-corrected chi connectivity index (χ2v) is 5.13. The van der Waals surface area contributed by atoms with Crippen molar-refractivity contribution >= 4 is 33.2 Å². The first-order chi connectivity index (χ1) is 7.15. The van der Waals surface area contributed by atoms with Gasteiger partial charge in [-0.2, -0.15) is 0 Å². The number of thiazole rings is 1. The number of hydrogen-bond donors (Lipinski definition) is 0. The van der Waals surface area contributed by atoms with Gasteiger partial charge in [-0.3, -0.25) is 4.79 Å². The molecule has 1 atom stereocenters. The lowest BCUT2D eigenvalue weighted by Crippen LogP contribution is -2.33. The summed E-state index contributed by atoms with van der Waals surface area (Å²) in [6, 6.07) is 0. The number of hydrogen-bond acceptors (Lipinski definition) is 4. The zero-order valence-corrected chi connectivity index (χ0v) is 11.0. The van der Waals surface area contributed by atoms with Crippen molar-refractivity contribution in [3.05, 3.63) is 16.6 Å². The molecule has 0 N–H and O–H groups in total. The van der Waals surface area contributed by atoms with Crippen molar-refractivity contribution in [2.24, 2.45) is 0 Å². The molecule has 0 aliphatic carbocycles. The molecule has 1 heterocycles. The summed E-state index contributed by atoms with van der Waals surface area (Å²) in [7, 11) is 3.39. The number of amides is 1. The van der Waals surface area contributed by atoms with Crippen LogP contribution in [0.4, 0.5) is 0 Å². The molecule has 1 amide bonds. The molecule has 1 aromatic rings. The quantitative estimate of drug-likeness (QED) is 0.775. The molecule has 1 aromatic heterocycles. The van der Waals surface area contributed by atoms with E-state index in [1.165, 1.54) is 11.3 Å². The molecule has 1 rings (SSSR count). The summed E-state index contributed by atoms with van der Waals surface area (Å²) in [6.07, 6.45) is 0. The van der Waals surface area contributed by atoms with Crippen molar-refractivity contribution in [1.82, 2.24) is 9.88 Å². The molecule has 15 heavy (non-hydrogen) atoms. The van der Waals surface area contributed by atoms with Gasteiger partial charge in [0.15, 0.2) is 0 Å². The average molecular weight is 293 g/mol. The Kier molecular flexibility index (Phi) is 5.21. The first-order valence-electron chi connectivity index (χ1n) is 4.41. The van der Waals surface area contributed by atoms with Gasteiger partial charge in [0.1, 0.15) is 5.69 Å². The van der Waals surface area contributed by atoms with Crippen LogP contribution in [0.2, 0.25) is 0 Å². The van der Waals surface area contributed by atoms with Crippen LogP contribution >= 0.6 is 27.3 Å². The minimum Gasteiger partial charge on any atom is -0.383 e. The number of rotatable bonds is 5. The summed E-state index contributed by atoms with van der Waals surface area (Å²) in [6.45, 7) is 1.18. The molecular formula is C9H13BrN2O2S. The fourth-order valence-electron chi connectivity index (χ4n) is 1.13. The van der Waals surface area contributed by atoms with Crippen LogP contribution in [0.3, 0.4) is 0 Å². The standard InChI is InChI=1S/C9H13BrN2O2S/c1-12(3-7(10)4-14-2)9(13)8-5-15-6-11-8/h5-7H,3-4H2,1-2H3. The SMILES string of the molecule is COCC(Br)CN(C)C(=O)c1cscn1. The third-order valence-electron chi connectivity index (χ3n) is 1.82. The van der Waals surface area contributed by atoms with Gasteiger partial charge in [0.2, 0.25) is 0 Å². The van der Waals surface area contributed by atoms with E-state index in [0.717, 1.165) is 0 Å². The highest BCUT2D eigenvalue weighted by Crippen LogP contribution is 2.07. The van der Waals surface area contributed by atoms with E-state index in [9.17, 15) is 4.79 Å². The molecule has 0 saturated heterocycles. The number of alkyl halides is 1. The summed E-state index contributed by atoms with van der Waals surface area (Å²) in [5.74, 6) is -0.0585. The van der Waals surface area contributed by atoms with Crippen LogP contribution in [-0.4, -0.2) is 47.9 Å². The number of carbonyl (C=O) groups is 1. The second-order valence-electron chi connectivity index (χ2n) is 3.11. The molecule has 0 spiro atoms. The average Bonchev–Trinajstić information content (AvgIpc) is 2.69. The molecule has 0 aliphatic rings. The Morgan fingerprint density at radius 3 is 3.07 bits per heavy atom. The Hall–Kier alpha value is -0.460. The number of carbonyl (C=O) groups excluding carboxylic acids is 1. The molecule has 6 heteroatoms. The number of nitrogens with zero attached hydrogens (tertiary/aromatic N) is 2. The number of aromatic nitrogens is 1. The maximum absolute atomic E-state index is 11.8. The Labute approximate surface area is 101 Å². The van der Waals surface area contributed by atoms with Crippen molar-refractivity contribution in [1.29, 1.82) is 0 Å². The van der Waals surface area contributed by atoms with Crippen LogP contribution in [0.1, 0.15) is 10.5 Å². The number of halogens is 1. The third kappa shape index (κ3) is 3.89. The number of methoxy groups -OCH3 is 1. The molecule has 1 unspecified atom stereocenters. The van der Waals surface area contributed by atoms with Crippen LogP contribution in [0, 0.1) is 0 Å². The lowest BCUT2D eigenvalue weighted by molar-refractivity contribution is 0.0779. The van der Waals surface area contributed by atoms with E-state index in [4.69, 9.17) is 4.74 Å². The van der Waals surface area contributed by atoms with Crippen molar-refractivity contribution < 1.29 is 9.53 Å². The zero-order chi connectivity index (χ0) is 11.3. The van der Waals surface area contributed by atoms with Gasteiger partial charge in [-0.25, -0.2) is 4.98 Å². The third-order valence-corrected chi connectivity index (χ3v) is 2.96. The van der Waals surface area contributed by atoms with Gasteiger partial charge in [0.25, 0.3) is 5.91 Å². The van der Waals surface area contributed by atoms with Crippen molar-refractivity contribution in [3.8, 4) is 0 Å². The van der Waals surface area contributed by atoms with Crippen molar-refractivity contribution in [2.45, 2.75) is 4.83 Å². The topological polar surface area (TPSA) is 42.4 Å². The Morgan fingerprint density at radius 1 is 1.80 bits per heavy atom. The van der Waals surface area contributed by atoms with Gasteiger partial charge in [-0.15, -0.1) is 11.3 Å². The predicted molar refractivity (Wildman–Crippen MR) is 63.7 cm³/mol. The molecular weight excluding hydrogens is 280 g/mol.